The van der Waals surface area contributed by atoms with Gasteiger partial charge in [-0.2, -0.15) is 0 Å². The molecule has 4 nitrogen and oxygen atoms in total. The van der Waals surface area contributed by atoms with Gasteiger partial charge in [0.25, 0.3) is 0 Å². The minimum Gasteiger partial charge on any atom is -0.397 e. The third-order valence-corrected chi connectivity index (χ3v) is 4.96. The maximum absolute atomic E-state index is 6.14. The van der Waals surface area contributed by atoms with Crippen molar-refractivity contribution in [3.8, 4) is 0 Å². The van der Waals surface area contributed by atoms with Crippen molar-refractivity contribution in [2.24, 2.45) is 4.99 Å². The van der Waals surface area contributed by atoms with Crippen molar-refractivity contribution >= 4 is 55.8 Å². The first-order valence-electron chi connectivity index (χ1n) is 6.26. The molecule has 1 aromatic carbocycles. The van der Waals surface area contributed by atoms with Gasteiger partial charge >= 0.3 is 6.34 Å². The molecule has 0 spiro atoms. The zero-order chi connectivity index (χ0) is 14.0. The number of nitrogens with two attached hydrogens (primary N) is 1. The Morgan fingerprint density at radius 3 is 2.26 bits per heavy atom. The van der Waals surface area contributed by atoms with Crippen LogP contribution in [0, 0.1) is 0 Å². The number of rotatable bonds is 4. The van der Waals surface area contributed by atoms with Crippen LogP contribution in [0.15, 0.2) is 13.9 Å². The Hall–Kier alpha value is -0.880. The summed E-state index contributed by atoms with van der Waals surface area (Å²) in [5, 5.41) is 0. The van der Waals surface area contributed by atoms with E-state index in [2.05, 4.69) is 56.1 Å². The molecule has 3 N–H and O–H groups in total. The highest BCUT2D eigenvalue weighted by molar-refractivity contribution is 9.11. The second kappa shape index (κ2) is 6.05. The second-order valence-electron chi connectivity index (χ2n) is 4.26. The number of nitrogens with one attached hydrogen (secondary N) is 1. The normalized spacial score (nSPS) is 13.8. The predicted molar refractivity (Wildman–Crippen MR) is 88.3 cm³/mol. The van der Waals surface area contributed by atoms with Gasteiger partial charge in [0, 0.05) is 8.95 Å². The maximum Gasteiger partial charge on any atom is 0.303 e. The minimum absolute atomic E-state index is 0.716. The van der Waals surface area contributed by atoms with Crippen molar-refractivity contribution in [1.29, 1.82) is 0 Å². The van der Waals surface area contributed by atoms with Crippen molar-refractivity contribution in [2.45, 2.75) is 26.7 Å². The van der Waals surface area contributed by atoms with Crippen LogP contribution in [-0.2, 0) is 12.8 Å². The van der Waals surface area contributed by atoms with Crippen LogP contribution in [0.5, 0.6) is 0 Å². The first-order valence-corrected chi connectivity index (χ1v) is 7.85. The van der Waals surface area contributed by atoms with Gasteiger partial charge in [0.1, 0.15) is 6.21 Å². The maximum atomic E-state index is 6.14. The zero-order valence-electron chi connectivity index (χ0n) is 11.0. The molecule has 0 unspecified atom stereocenters. The number of anilines is 2. The summed E-state index contributed by atoms with van der Waals surface area (Å²) in [6.07, 6.45) is 5.59. The average Bonchev–Trinajstić information content (AvgIpc) is 2.90. The molecule has 0 aliphatic carbocycles. The fourth-order valence-corrected chi connectivity index (χ4v) is 3.76. The Bertz CT molecular complexity index is 533. The van der Waals surface area contributed by atoms with Crippen molar-refractivity contribution < 1.29 is 4.68 Å². The Morgan fingerprint density at radius 2 is 1.84 bits per heavy atom. The van der Waals surface area contributed by atoms with Crippen LogP contribution in [0.2, 0.25) is 0 Å². The monoisotopic (exact) mass is 387 g/mol. The van der Waals surface area contributed by atoms with Gasteiger partial charge in [0.15, 0.2) is 6.54 Å². The van der Waals surface area contributed by atoms with E-state index in [9.17, 15) is 0 Å². The van der Waals surface area contributed by atoms with Gasteiger partial charge in [-0.1, -0.05) is 18.8 Å². The van der Waals surface area contributed by atoms with E-state index < -0.39 is 0 Å². The first-order chi connectivity index (χ1) is 9.10. The molecule has 6 heteroatoms. The molecule has 0 atom stereocenters. The van der Waals surface area contributed by atoms with E-state index >= 15 is 0 Å². The smallest absolute Gasteiger partial charge is 0.303 e. The lowest BCUT2D eigenvalue weighted by atomic mass is 10.0. The molecule has 2 rings (SSSR count). The third-order valence-electron chi connectivity index (χ3n) is 3.14. The molecule has 0 amide bonds. The summed E-state index contributed by atoms with van der Waals surface area (Å²) in [6.45, 7) is 4.97. The van der Waals surface area contributed by atoms with Crippen LogP contribution in [0.3, 0.4) is 0 Å². The Kier molecular flexibility index (Phi) is 4.62. The summed E-state index contributed by atoms with van der Waals surface area (Å²) in [7, 11) is 0. The molecule has 0 bridgehead atoms. The number of nitrogens with zero attached hydrogens (tertiary/aromatic N) is 2. The molecule has 1 aromatic rings. The summed E-state index contributed by atoms with van der Waals surface area (Å²) in [4.78, 5) is 4.17. The van der Waals surface area contributed by atoms with E-state index in [1.54, 1.807) is 6.34 Å². The van der Waals surface area contributed by atoms with E-state index in [0.29, 0.717) is 6.54 Å². The van der Waals surface area contributed by atoms with E-state index in [0.717, 1.165) is 33.2 Å². The van der Waals surface area contributed by atoms with E-state index in [4.69, 9.17) is 5.73 Å². The molecule has 0 fully saturated rings. The molecular formula is C13H17Br2N4+. The Balaban J connectivity index is 2.58. The lowest BCUT2D eigenvalue weighted by Gasteiger charge is -2.19. The fraction of sp³-hybridized carbons (Fsp3) is 0.385. The number of hydrogen-bond acceptors (Lipinski definition) is 3. The number of hydrazone groups is 1. The number of nitrogen functional groups attached to an aromatic ring is 1. The van der Waals surface area contributed by atoms with Gasteiger partial charge in [0.2, 0.25) is 0 Å². The highest BCUT2D eigenvalue weighted by Crippen LogP contribution is 2.41. The molecule has 0 saturated heterocycles. The first kappa shape index (κ1) is 14.5. The number of benzene rings is 1. The zero-order valence-corrected chi connectivity index (χ0v) is 14.2. The lowest BCUT2D eigenvalue weighted by Crippen LogP contribution is -2.19. The van der Waals surface area contributed by atoms with E-state index in [1.807, 2.05) is 10.9 Å². The second-order valence-corrected chi connectivity index (χ2v) is 5.85. The number of hydrazine groups is 1. The number of hydrogen-bond donors (Lipinski definition) is 2. The fourth-order valence-electron chi connectivity index (χ4n) is 2.14. The van der Waals surface area contributed by atoms with Crippen molar-refractivity contribution in [3.05, 3.63) is 20.1 Å². The lowest BCUT2D eigenvalue weighted by molar-refractivity contribution is -0.351. The van der Waals surface area contributed by atoms with Crippen LogP contribution in [0.1, 0.15) is 25.0 Å². The molecule has 0 radical (unpaired) electrons. The third kappa shape index (κ3) is 2.69. The molecule has 1 aliphatic rings. The van der Waals surface area contributed by atoms with Crippen LogP contribution in [0.4, 0.5) is 11.4 Å². The molecular weight excluding hydrogens is 372 g/mol. The average molecular weight is 389 g/mol. The van der Waals surface area contributed by atoms with Gasteiger partial charge in [-0.3, -0.25) is 0 Å². The van der Waals surface area contributed by atoms with Crippen molar-refractivity contribution in [1.82, 2.24) is 0 Å². The van der Waals surface area contributed by atoms with E-state index in [-0.39, 0.29) is 0 Å². The summed E-state index contributed by atoms with van der Waals surface area (Å²) in [6, 6.07) is 0. The molecule has 1 heterocycles. The van der Waals surface area contributed by atoms with Gasteiger partial charge < -0.3 is 5.73 Å². The van der Waals surface area contributed by atoms with Crippen LogP contribution in [-0.4, -0.2) is 23.8 Å². The van der Waals surface area contributed by atoms with Crippen LogP contribution >= 0.6 is 31.9 Å². The molecule has 102 valence electrons. The molecule has 0 aromatic heterocycles. The van der Waals surface area contributed by atoms with Crippen molar-refractivity contribution in [3.63, 3.8) is 0 Å². The SMILES string of the molecule is CCc1c(Br)c(N)c(Br)c(CC)c1N[N+]1=CCN=C1. The molecule has 0 saturated carbocycles. The topological polar surface area (TPSA) is 53.4 Å². The standard InChI is InChI=1S/C13H17Br2N4/c1-3-8-10(14)12(16)11(15)9(4-2)13(8)18-19-6-5-17-7-19/h6-7,18H,3-5,16H2,1-2H3/q+1. The summed E-state index contributed by atoms with van der Waals surface area (Å²) < 4.78 is 3.80. The summed E-state index contributed by atoms with van der Waals surface area (Å²) in [5.74, 6) is 0. The highest BCUT2D eigenvalue weighted by atomic mass is 79.9. The van der Waals surface area contributed by atoms with Gasteiger partial charge in [-0.05, 0) is 55.8 Å². The van der Waals surface area contributed by atoms with Crippen LogP contribution in [0.25, 0.3) is 0 Å². The largest absolute Gasteiger partial charge is 0.397 e. The van der Waals surface area contributed by atoms with E-state index in [1.165, 1.54) is 11.1 Å². The quantitative estimate of drug-likeness (QED) is 0.613. The highest BCUT2D eigenvalue weighted by Gasteiger charge is 2.20. The molecule has 1 aliphatic heterocycles. The van der Waals surface area contributed by atoms with Gasteiger partial charge in [-0.25, -0.2) is 5.43 Å². The minimum atomic E-state index is 0.716. The number of aliphatic imine (C=N–C) groups is 1. The number of halogens is 2. The van der Waals surface area contributed by atoms with Gasteiger partial charge in [0.05, 0.1) is 11.4 Å². The summed E-state index contributed by atoms with van der Waals surface area (Å²) in [5.41, 5.74) is 13.8. The molecule has 19 heavy (non-hydrogen) atoms. The summed E-state index contributed by atoms with van der Waals surface area (Å²) >= 11 is 7.19. The predicted octanol–water partition coefficient (Wildman–Crippen LogP) is 3.37. The van der Waals surface area contributed by atoms with Crippen LogP contribution < -0.4 is 11.2 Å². The Labute approximate surface area is 130 Å². The Morgan fingerprint density at radius 1 is 1.26 bits per heavy atom. The van der Waals surface area contributed by atoms with Gasteiger partial charge in [-0.15, -0.1) is 4.68 Å². The van der Waals surface area contributed by atoms with Crippen molar-refractivity contribution in [2.75, 3.05) is 17.7 Å².